The third-order valence-corrected chi connectivity index (χ3v) is 3.28. The van der Waals surface area contributed by atoms with Crippen molar-refractivity contribution in [3.63, 3.8) is 0 Å². The summed E-state index contributed by atoms with van der Waals surface area (Å²) in [5.41, 5.74) is 1.23. The minimum atomic E-state index is 0.866. The molecule has 0 saturated carbocycles. The Morgan fingerprint density at radius 2 is 2.23 bits per heavy atom. The molecule has 0 aliphatic rings. The van der Waals surface area contributed by atoms with E-state index >= 15 is 0 Å². The first-order valence-corrected chi connectivity index (χ1v) is 7.12. The molecule has 0 amide bonds. The van der Waals surface area contributed by atoms with Crippen molar-refractivity contribution in [3.8, 4) is 5.75 Å². The summed E-state index contributed by atoms with van der Waals surface area (Å²) >= 11 is 2.31. The fourth-order valence-corrected chi connectivity index (χ4v) is 1.81. The molecular weight excluding hydrogens is 291 g/mol. The van der Waals surface area contributed by atoms with Gasteiger partial charge in [0.15, 0.2) is 0 Å². The summed E-state index contributed by atoms with van der Waals surface area (Å²) in [6.07, 6.45) is 1.19. The average molecular weight is 306 g/mol. The number of halogens is 1. The third-order valence-electron chi connectivity index (χ3n) is 1.91. The van der Waals surface area contributed by atoms with Crippen LogP contribution in [0, 0.1) is 10.5 Å². The second kappa shape index (κ2) is 5.65. The molecule has 0 spiro atoms. The van der Waals surface area contributed by atoms with Crippen molar-refractivity contribution in [3.05, 3.63) is 27.3 Å². The molecule has 0 bridgehead atoms. The Balaban J connectivity index is 2.59. The Bertz CT molecular complexity index is 276. The van der Waals surface area contributed by atoms with E-state index in [1.54, 1.807) is 0 Å². The molecule has 0 atom stereocenters. The summed E-state index contributed by atoms with van der Waals surface area (Å²) in [6, 6.07) is 7.64. The molecule has 13 heavy (non-hydrogen) atoms. The number of rotatable bonds is 4. The zero-order valence-corrected chi connectivity index (χ0v) is 12.3. The van der Waals surface area contributed by atoms with Gasteiger partial charge in [-0.1, -0.05) is 12.1 Å². The smallest absolute Gasteiger partial charge is 0.123 e. The predicted octanol–water partition coefficient (Wildman–Crippen LogP) is 2.15. The summed E-state index contributed by atoms with van der Waals surface area (Å²) in [7, 11) is 1.28. The molecule has 0 saturated heterocycles. The Labute approximate surface area is 96.4 Å². The number of ether oxygens (including phenoxy) is 1. The van der Waals surface area contributed by atoms with Gasteiger partial charge in [0.25, 0.3) is 0 Å². The molecule has 72 valence electrons. The van der Waals surface area contributed by atoms with Crippen LogP contribution >= 0.6 is 22.6 Å². The molecule has 1 aromatic carbocycles. The van der Waals surface area contributed by atoms with Gasteiger partial charge in [-0.15, -0.1) is 0 Å². The molecule has 0 radical (unpaired) electrons. The molecule has 3 heteroatoms. The second-order valence-electron chi connectivity index (χ2n) is 3.11. The van der Waals surface area contributed by atoms with Gasteiger partial charge in [0, 0.05) is 13.8 Å². The minimum Gasteiger partial charge on any atom is -0.493 e. The predicted molar refractivity (Wildman–Crippen MR) is 68.8 cm³/mol. The van der Waals surface area contributed by atoms with Gasteiger partial charge in [-0.3, -0.25) is 0 Å². The van der Waals surface area contributed by atoms with Gasteiger partial charge in [0.1, 0.15) is 5.75 Å². The number of hydrogen-bond acceptors (Lipinski definition) is 1. The fourth-order valence-electron chi connectivity index (χ4n) is 1.06. The molecule has 1 aromatic rings. The van der Waals surface area contributed by atoms with Crippen LogP contribution in [0.3, 0.4) is 0 Å². The Kier molecular flexibility index (Phi) is 4.80. The minimum absolute atomic E-state index is 0.866. The lowest BCUT2D eigenvalue weighted by molar-refractivity contribution is 0.315. The van der Waals surface area contributed by atoms with Gasteiger partial charge in [-0.25, -0.2) is 0 Å². The summed E-state index contributed by atoms with van der Waals surface area (Å²) in [6.45, 7) is 2.95. The van der Waals surface area contributed by atoms with E-state index in [1.807, 2.05) is 0 Å². The highest BCUT2D eigenvalue weighted by molar-refractivity contribution is 14.1. The summed E-state index contributed by atoms with van der Waals surface area (Å²) in [5, 5.41) is 0. The van der Waals surface area contributed by atoms with E-state index in [1.165, 1.54) is 31.8 Å². The first-order chi connectivity index (χ1) is 6.24. The maximum Gasteiger partial charge on any atom is 0.123 e. The van der Waals surface area contributed by atoms with Gasteiger partial charge in [-0.05, 0) is 53.6 Å². The molecule has 1 rings (SSSR count). The van der Waals surface area contributed by atoms with Crippen LogP contribution in [0.15, 0.2) is 18.2 Å². The van der Waals surface area contributed by atoms with Crippen molar-refractivity contribution >= 4 is 32.8 Å². The van der Waals surface area contributed by atoms with Crippen LogP contribution in [-0.2, 0) is 0 Å². The van der Waals surface area contributed by atoms with Crippen molar-refractivity contribution < 1.29 is 4.74 Å². The molecule has 0 aliphatic carbocycles. The Morgan fingerprint density at radius 3 is 2.92 bits per heavy atom. The number of hydrogen-bond donors (Lipinski definition) is 0. The van der Waals surface area contributed by atoms with Crippen LogP contribution in [-0.4, -0.2) is 16.8 Å². The molecule has 1 nitrogen and oxygen atoms in total. The van der Waals surface area contributed by atoms with Gasteiger partial charge >= 0.3 is 0 Å². The van der Waals surface area contributed by atoms with Crippen molar-refractivity contribution in [2.24, 2.45) is 0 Å². The van der Waals surface area contributed by atoms with E-state index in [4.69, 9.17) is 4.74 Å². The highest BCUT2D eigenvalue weighted by atomic mass is 127. The lowest BCUT2D eigenvalue weighted by Crippen LogP contribution is -1.98. The highest BCUT2D eigenvalue weighted by Gasteiger charge is 1.99. The Morgan fingerprint density at radius 1 is 1.46 bits per heavy atom. The fraction of sp³-hybridized carbons (Fsp3) is 0.400. The standard InChI is InChI=1S/C10H15IOSi/c1-8-3-4-9(11)7-10(8)12-5-2-6-13/h3-4,7H,2,5-6H2,1,13H3. The van der Waals surface area contributed by atoms with E-state index in [9.17, 15) is 0 Å². The number of aryl methyl sites for hydroxylation is 1. The van der Waals surface area contributed by atoms with E-state index in [0.717, 1.165) is 12.4 Å². The number of benzene rings is 1. The quantitative estimate of drug-likeness (QED) is 0.470. The first kappa shape index (κ1) is 11.0. The van der Waals surface area contributed by atoms with Crippen LogP contribution in [0.2, 0.25) is 6.04 Å². The summed E-state index contributed by atoms with van der Waals surface area (Å²) in [5.74, 6) is 1.04. The lowest BCUT2D eigenvalue weighted by atomic mass is 10.2. The first-order valence-electron chi connectivity index (χ1n) is 4.63. The van der Waals surface area contributed by atoms with Crippen LogP contribution in [0.4, 0.5) is 0 Å². The van der Waals surface area contributed by atoms with Crippen LogP contribution in [0.1, 0.15) is 12.0 Å². The molecule has 0 aliphatic heterocycles. The van der Waals surface area contributed by atoms with Gasteiger partial charge in [0.2, 0.25) is 0 Å². The van der Waals surface area contributed by atoms with Crippen LogP contribution < -0.4 is 4.74 Å². The van der Waals surface area contributed by atoms with Crippen molar-refractivity contribution in [2.45, 2.75) is 19.4 Å². The van der Waals surface area contributed by atoms with E-state index in [-0.39, 0.29) is 0 Å². The van der Waals surface area contributed by atoms with Crippen molar-refractivity contribution in [1.82, 2.24) is 0 Å². The second-order valence-corrected chi connectivity index (χ2v) is 5.36. The average Bonchev–Trinajstić information content (AvgIpc) is 2.11. The monoisotopic (exact) mass is 306 g/mol. The largest absolute Gasteiger partial charge is 0.493 e. The van der Waals surface area contributed by atoms with Gasteiger partial charge in [0.05, 0.1) is 6.61 Å². The normalized spacial score (nSPS) is 10.3. The molecule has 0 aromatic heterocycles. The topological polar surface area (TPSA) is 9.23 Å². The van der Waals surface area contributed by atoms with E-state index < -0.39 is 0 Å². The lowest BCUT2D eigenvalue weighted by Gasteiger charge is -2.08. The zero-order valence-electron chi connectivity index (χ0n) is 8.14. The van der Waals surface area contributed by atoms with Crippen molar-refractivity contribution in [2.75, 3.05) is 6.61 Å². The summed E-state index contributed by atoms with van der Waals surface area (Å²) in [4.78, 5) is 0. The Hall–Kier alpha value is -0.0331. The zero-order chi connectivity index (χ0) is 9.68. The highest BCUT2D eigenvalue weighted by Crippen LogP contribution is 2.20. The molecule has 0 N–H and O–H groups in total. The molecular formula is C10H15IOSi. The van der Waals surface area contributed by atoms with Crippen molar-refractivity contribution in [1.29, 1.82) is 0 Å². The van der Waals surface area contributed by atoms with Gasteiger partial charge in [-0.2, -0.15) is 0 Å². The maximum absolute atomic E-state index is 5.68. The van der Waals surface area contributed by atoms with Crippen LogP contribution in [0.25, 0.3) is 0 Å². The molecule has 0 fully saturated rings. The van der Waals surface area contributed by atoms with Gasteiger partial charge < -0.3 is 4.74 Å². The SMILES string of the molecule is Cc1ccc(I)cc1OCCC[SiH3]. The molecule has 0 heterocycles. The maximum atomic E-state index is 5.68. The summed E-state index contributed by atoms with van der Waals surface area (Å²) < 4.78 is 6.92. The van der Waals surface area contributed by atoms with E-state index in [2.05, 4.69) is 47.7 Å². The molecule has 0 unspecified atom stereocenters. The van der Waals surface area contributed by atoms with Crippen LogP contribution in [0.5, 0.6) is 5.75 Å². The van der Waals surface area contributed by atoms with E-state index in [0.29, 0.717) is 0 Å². The third kappa shape index (κ3) is 3.68.